The van der Waals surface area contributed by atoms with Gasteiger partial charge in [-0.05, 0) is 17.9 Å². The summed E-state index contributed by atoms with van der Waals surface area (Å²) >= 11 is 1.33. The zero-order chi connectivity index (χ0) is 15.7. The molecule has 0 saturated heterocycles. The number of carbonyl (C=O) groups is 3. The van der Waals surface area contributed by atoms with E-state index in [1.54, 1.807) is 17.5 Å². The molecule has 0 bridgehead atoms. The molecule has 0 fully saturated rings. The van der Waals surface area contributed by atoms with E-state index in [0.29, 0.717) is 11.3 Å². The van der Waals surface area contributed by atoms with Gasteiger partial charge in [-0.3, -0.25) is 14.4 Å². The van der Waals surface area contributed by atoms with Gasteiger partial charge in [0.05, 0.1) is 10.8 Å². The van der Waals surface area contributed by atoms with Crippen molar-refractivity contribution in [2.45, 2.75) is 26.2 Å². The lowest BCUT2D eigenvalue weighted by Crippen LogP contribution is -2.35. The number of nitrogens with one attached hydrogen (secondary N) is 2. The molecule has 1 aromatic heterocycles. The minimum Gasteiger partial charge on any atom is -0.481 e. The van der Waals surface area contributed by atoms with Gasteiger partial charge in [-0.25, -0.2) is 0 Å². The molecule has 7 heteroatoms. The normalized spacial score (nSPS) is 11.7. The second-order valence-corrected chi connectivity index (χ2v) is 5.56. The molecule has 1 unspecified atom stereocenters. The van der Waals surface area contributed by atoms with Gasteiger partial charge < -0.3 is 15.7 Å². The van der Waals surface area contributed by atoms with E-state index >= 15 is 0 Å². The number of rotatable bonds is 9. The molecule has 0 spiro atoms. The number of aliphatic carboxylic acids is 1. The number of hydrogen-bond acceptors (Lipinski definition) is 4. The van der Waals surface area contributed by atoms with Gasteiger partial charge in [0.1, 0.15) is 0 Å². The molecule has 116 valence electrons. The maximum absolute atomic E-state index is 11.6. The SMILES string of the molecule is CCCC(CNC(=O)CCNC(=O)c1cccs1)C(=O)O. The van der Waals surface area contributed by atoms with Crippen molar-refractivity contribution in [2.75, 3.05) is 13.1 Å². The fourth-order valence-electron chi connectivity index (χ4n) is 1.77. The number of amides is 2. The predicted molar refractivity (Wildman–Crippen MR) is 80.3 cm³/mol. The highest BCUT2D eigenvalue weighted by Crippen LogP contribution is 2.07. The molecule has 0 aromatic carbocycles. The second kappa shape index (κ2) is 9.12. The van der Waals surface area contributed by atoms with Crippen molar-refractivity contribution in [3.63, 3.8) is 0 Å². The van der Waals surface area contributed by atoms with Crippen molar-refractivity contribution in [1.82, 2.24) is 10.6 Å². The van der Waals surface area contributed by atoms with E-state index in [-0.39, 0.29) is 31.3 Å². The van der Waals surface area contributed by atoms with Crippen molar-refractivity contribution in [3.05, 3.63) is 22.4 Å². The largest absolute Gasteiger partial charge is 0.481 e. The van der Waals surface area contributed by atoms with E-state index in [1.165, 1.54) is 11.3 Å². The van der Waals surface area contributed by atoms with Gasteiger partial charge in [-0.2, -0.15) is 0 Å². The minimum atomic E-state index is -0.900. The Hall–Kier alpha value is -1.89. The number of carbonyl (C=O) groups excluding carboxylic acids is 2. The van der Waals surface area contributed by atoms with E-state index in [2.05, 4.69) is 10.6 Å². The van der Waals surface area contributed by atoms with Crippen LogP contribution in [-0.4, -0.2) is 36.0 Å². The van der Waals surface area contributed by atoms with Crippen LogP contribution in [0.25, 0.3) is 0 Å². The van der Waals surface area contributed by atoms with Crippen LogP contribution in [0.2, 0.25) is 0 Å². The highest BCUT2D eigenvalue weighted by molar-refractivity contribution is 7.12. The molecule has 1 aromatic rings. The van der Waals surface area contributed by atoms with Crippen LogP contribution in [0.1, 0.15) is 35.9 Å². The van der Waals surface area contributed by atoms with Crippen molar-refractivity contribution in [1.29, 1.82) is 0 Å². The quantitative estimate of drug-likeness (QED) is 0.643. The maximum atomic E-state index is 11.6. The summed E-state index contributed by atoms with van der Waals surface area (Å²) < 4.78 is 0. The number of hydrogen-bond donors (Lipinski definition) is 3. The lowest BCUT2D eigenvalue weighted by molar-refractivity contribution is -0.141. The Kier molecular flexibility index (Phi) is 7.45. The molecule has 0 saturated carbocycles. The van der Waals surface area contributed by atoms with Gasteiger partial charge >= 0.3 is 5.97 Å². The van der Waals surface area contributed by atoms with Crippen molar-refractivity contribution < 1.29 is 19.5 Å². The van der Waals surface area contributed by atoms with Crippen molar-refractivity contribution >= 4 is 29.1 Å². The maximum Gasteiger partial charge on any atom is 0.308 e. The molecule has 2 amide bonds. The first-order chi connectivity index (χ1) is 10.0. The van der Waals surface area contributed by atoms with E-state index in [0.717, 1.165) is 6.42 Å². The van der Waals surface area contributed by atoms with Gasteiger partial charge in [0.2, 0.25) is 5.91 Å². The Morgan fingerprint density at radius 2 is 2.10 bits per heavy atom. The van der Waals surface area contributed by atoms with Crippen LogP contribution in [0.4, 0.5) is 0 Å². The summed E-state index contributed by atoms with van der Waals surface area (Å²) in [6.07, 6.45) is 1.42. The first-order valence-corrected chi connectivity index (χ1v) is 7.73. The fourth-order valence-corrected chi connectivity index (χ4v) is 2.41. The van der Waals surface area contributed by atoms with Gasteiger partial charge in [0, 0.05) is 19.5 Å². The Morgan fingerprint density at radius 3 is 2.67 bits per heavy atom. The molecule has 0 aliphatic rings. The summed E-state index contributed by atoms with van der Waals surface area (Å²) in [5, 5.41) is 16.0. The van der Waals surface area contributed by atoms with Crippen molar-refractivity contribution in [2.24, 2.45) is 5.92 Å². The zero-order valence-electron chi connectivity index (χ0n) is 11.9. The Balaban J connectivity index is 2.22. The summed E-state index contributed by atoms with van der Waals surface area (Å²) in [6.45, 7) is 2.26. The molecular formula is C14H20N2O4S. The molecule has 0 aliphatic heterocycles. The third kappa shape index (κ3) is 6.40. The minimum absolute atomic E-state index is 0.126. The Labute approximate surface area is 127 Å². The highest BCUT2D eigenvalue weighted by Gasteiger charge is 2.17. The second-order valence-electron chi connectivity index (χ2n) is 4.61. The van der Waals surface area contributed by atoms with Gasteiger partial charge in [-0.1, -0.05) is 19.4 Å². The van der Waals surface area contributed by atoms with Crippen LogP contribution in [0.15, 0.2) is 17.5 Å². The van der Waals surface area contributed by atoms with Crippen LogP contribution in [0.3, 0.4) is 0 Å². The fraction of sp³-hybridized carbons (Fsp3) is 0.500. The molecule has 21 heavy (non-hydrogen) atoms. The van der Waals surface area contributed by atoms with Crippen LogP contribution in [-0.2, 0) is 9.59 Å². The van der Waals surface area contributed by atoms with E-state index < -0.39 is 11.9 Å². The molecule has 1 atom stereocenters. The number of carboxylic acids is 1. The molecule has 1 heterocycles. The summed E-state index contributed by atoms with van der Waals surface area (Å²) in [4.78, 5) is 34.7. The standard InChI is InChI=1S/C14H20N2O4S/c1-2-4-10(14(19)20)9-16-12(17)6-7-15-13(18)11-5-3-8-21-11/h3,5,8,10H,2,4,6-7,9H2,1H3,(H,15,18)(H,16,17)(H,19,20). The lowest BCUT2D eigenvalue weighted by Gasteiger charge is -2.12. The van der Waals surface area contributed by atoms with Crippen molar-refractivity contribution in [3.8, 4) is 0 Å². The highest BCUT2D eigenvalue weighted by atomic mass is 32.1. The third-order valence-corrected chi connectivity index (χ3v) is 3.78. The van der Waals surface area contributed by atoms with Gasteiger partial charge in [-0.15, -0.1) is 11.3 Å². The molecule has 0 radical (unpaired) electrons. The van der Waals surface area contributed by atoms with Crippen LogP contribution in [0.5, 0.6) is 0 Å². The van der Waals surface area contributed by atoms with Crippen LogP contribution >= 0.6 is 11.3 Å². The smallest absolute Gasteiger partial charge is 0.308 e. The molecule has 1 rings (SSSR count). The van der Waals surface area contributed by atoms with E-state index in [1.807, 2.05) is 6.92 Å². The first kappa shape index (κ1) is 17.2. The average Bonchev–Trinajstić information content (AvgIpc) is 2.97. The van der Waals surface area contributed by atoms with Crippen LogP contribution < -0.4 is 10.6 Å². The third-order valence-electron chi connectivity index (χ3n) is 2.91. The van der Waals surface area contributed by atoms with E-state index in [9.17, 15) is 14.4 Å². The summed E-state index contributed by atoms with van der Waals surface area (Å²) in [7, 11) is 0. The Bertz CT molecular complexity index is 473. The molecule has 3 N–H and O–H groups in total. The molecule has 0 aliphatic carbocycles. The predicted octanol–water partition coefficient (Wildman–Crippen LogP) is 1.49. The summed E-state index contributed by atoms with van der Waals surface area (Å²) in [5.74, 6) is -1.92. The molecule has 6 nitrogen and oxygen atoms in total. The van der Waals surface area contributed by atoms with Gasteiger partial charge in [0.15, 0.2) is 0 Å². The average molecular weight is 312 g/mol. The lowest BCUT2D eigenvalue weighted by atomic mass is 10.0. The monoisotopic (exact) mass is 312 g/mol. The van der Waals surface area contributed by atoms with E-state index in [4.69, 9.17) is 5.11 Å². The topological polar surface area (TPSA) is 95.5 Å². The summed E-state index contributed by atoms with van der Waals surface area (Å²) in [6, 6.07) is 3.49. The number of thiophene rings is 1. The summed E-state index contributed by atoms with van der Waals surface area (Å²) in [5.41, 5.74) is 0. The van der Waals surface area contributed by atoms with Crippen LogP contribution in [0, 0.1) is 5.92 Å². The zero-order valence-corrected chi connectivity index (χ0v) is 12.7. The first-order valence-electron chi connectivity index (χ1n) is 6.85. The Morgan fingerprint density at radius 1 is 1.33 bits per heavy atom. The number of carboxylic acid groups (broad SMARTS) is 1. The van der Waals surface area contributed by atoms with Gasteiger partial charge in [0.25, 0.3) is 5.91 Å². The molecular weight excluding hydrogens is 292 g/mol.